The van der Waals surface area contributed by atoms with E-state index in [4.69, 9.17) is 9.47 Å². The van der Waals surface area contributed by atoms with Gasteiger partial charge in [0.05, 0.1) is 18.2 Å². The van der Waals surface area contributed by atoms with E-state index >= 15 is 0 Å². The quantitative estimate of drug-likeness (QED) is 0.248. The number of para-hydroxylation sites is 1. The number of aliphatic hydroxyl groups excluding tert-OH is 1. The van der Waals surface area contributed by atoms with E-state index in [1.807, 2.05) is 49.4 Å². The minimum atomic E-state index is -0.368. The van der Waals surface area contributed by atoms with E-state index in [0.717, 1.165) is 42.7 Å². The van der Waals surface area contributed by atoms with Crippen LogP contribution in [0, 0.1) is 5.92 Å². The standard InChI is InChI=1S/C36H46N4O5/c1-25-21-40(26(2)24-41)35(42)32-20-29(38-36(43)37-28-10-6-4-7-11-28)16-19-33(32)45-34(25)23-39(3)22-27-14-17-31(18-15-27)44-30-12-8-5-9-13-30/h5,8-9,12-20,25-26,28,34,41H,4,6-7,10-11,21-24H2,1-3H3,(H2,37,38,43)/t25-,26-,34+/m1/s1. The molecule has 9 heteroatoms. The number of carbonyl (C=O) groups excluding carboxylic acids is 2. The van der Waals surface area contributed by atoms with Crippen molar-refractivity contribution in [3.05, 3.63) is 83.9 Å². The molecule has 3 N–H and O–H groups in total. The van der Waals surface area contributed by atoms with Gasteiger partial charge in [-0.05, 0) is 74.8 Å². The van der Waals surface area contributed by atoms with E-state index in [1.165, 1.54) is 6.42 Å². The summed E-state index contributed by atoms with van der Waals surface area (Å²) >= 11 is 0. The number of fused-ring (bicyclic) bond motifs is 1. The molecule has 0 saturated heterocycles. The summed E-state index contributed by atoms with van der Waals surface area (Å²) in [5.74, 6) is 1.83. The van der Waals surface area contributed by atoms with Crippen LogP contribution in [-0.2, 0) is 6.54 Å². The van der Waals surface area contributed by atoms with Gasteiger partial charge < -0.3 is 30.1 Å². The third kappa shape index (κ3) is 8.77. The van der Waals surface area contributed by atoms with E-state index in [9.17, 15) is 14.7 Å². The number of rotatable bonds is 10. The van der Waals surface area contributed by atoms with Crippen LogP contribution in [0.25, 0.3) is 0 Å². The van der Waals surface area contributed by atoms with Gasteiger partial charge in [0.2, 0.25) is 0 Å². The van der Waals surface area contributed by atoms with E-state index in [2.05, 4.69) is 41.6 Å². The summed E-state index contributed by atoms with van der Waals surface area (Å²) in [5, 5.41) is 16.0. The van der Waals surface area contributed by atoms with Gasteiger partial charge >= 0.3 is 6.03 Å². The molecule has 1 aliphatic carbocycles. The van der Waals surface area contributed by atoms with Crippen molar-refractivity contribution in [1.29, 1.82) is 0 Å². The molecule has 3 atom stereocenters. The SMILES string of the molecule is C[C@@H]1CN([C@H](C)CO)C(=O)c2cc(NC(=O)NC3CCCCC3)ccc2O[C@H]1CN(C)Cc1ccc(Oc2ccccc2)cc1. The minimum absolute atomic E-state index is 0.000675. The van der Waals surface area contributed by atoms with E-state index < -0.39 is 0 Å². The zero-order valence-corrected chi connectivity index (χ0v) is 26.6. The molecule has 2 aliphatic rings. The Hall–Kier alpha value is -4.08. The second kappa shape index (κ2) is 15.3. The number of anilines is 1. The second-order valence-electron chi connectivity index (χ2n) is 12.5. The summed E-state index contributed by atoms with van der Waals surface area (Å²) in [4.78, 5) is 30.5. The summed E-state index contributed by atoms with van der Waals surface area (Å²) in [5.41, 5.74) is 2.04. The molecule has 5 rings (SSSR count). The van der Waals surface area contributed by atoms with Crippen molar-refractivity contribution in [3.63, 3.8) is 0 Å². The topological polar surface area (TPSA) is 103 Å². The normalized spacial score (nSPS) is 19.6. The Morgan fingerprint density at radius 2 is 1.76 bits per heavy atom. The van der Waals surface area contributed by atoms with Crippen LogP contribution in [0.15, 0.2) is 72.8 Å². The van der Waals surface area contributed by atoms with Crippen molar-refractivity contribution >= 4 is 17.6 Å². The molecule has 3 aromatic rings. The van der Waals surface area contributed by atoms with Crippen LogP contribution in [0.2, 0.25) is 0 Å². The fraction of sp³-hybridized carbons (Fsp3) is 0.444. The number of aliphatic hydroxyl groups is 1. The molecule has 1 heterocycles. The van der Waals surface area contributed by atoms with Crippen molar-refractivity contribution in [1.82, 2.24) is 15.1 Å². The first-order valence-electron chi connectivity index (χ1n) is 16.1. The van der Waals surface area contributed by atoms with Gasteiger partial charge in [-0.15, -0.1) is 0 Å². The van der Waals surface area contributed by atoms with Crippen LogP contribution in [-0.4, -0.2) is 71.8 Å². The van der Waals surface area contributed by atoms with Crippen molar-refractivity contribution in [3.8, 4) is 17.2 Å². The van der Waals surface area contributed by atoms with E-state index in [-0.39, 0.29) is 42.7 Å². The van der Waals surface area contributed by atoms with Crippen molar-refractivity contribution < 1.29 is 24.2 Å². The first kappa shape index (κ1) is 32.3. The molecule has 3 amide bonds. The van der Waals surface area contributed by atoms with Gasteiger partial charge in [0.1, 0.15) is 23.4 Å². The zero-order chi connectivity index (χ0) is 31.8. The van der Waals surface area contributed by atoms with Crippen LogP contribution >= 0.6 is 0 Å². The molecule has 1 saturated carbocycles. The maximum Gasteiger partial charge on any atom is 0.319 e. The second-order valence-corrected chi connectivity index (χ2v) is 12.5. The number of carbonyl (C=O) groups is 2. The molecular formula is C36H46N4O5. The first-order valence-corrected chi connectivity index (χ1v) is 16.1. The van der Waals surface area contributed by atoms with Crippen LogP contribution in [0.1, 0.15) is 61.9 Å². The summed E-state index contributed by atoms with van der Waals surface area (Å²) in [7, 11) is 2.06. The van der Waals surface area contributed by atoms with Gasteiger partial charge in [0.15, 0.2) is 0 Å². The van der Waals surface area contributed by atoms with Crippen LogP contribution < -0.4 is 20.1 Å². The monoisotopic (exact) mass is 614 g/mol. The van der Waals surface area contributed by atoms with Gasteiger partial charge in [-0.25, -0.2) is 4.79 Å². The predicted molar refractivity (Wildman–Crippen MR) is 176 cm³/mol. The van der Waals surface area contributed by atoms with Gasteiger partial charge in [-0.1, -0.05) is 56.5 Å². The number of likely N-dealkylation sites (N-methyl/N-ethyl adjacent to an activating group) is 1. The lowest BCUT2D eigenvalue weighted by molar-refractivity contribution is 0.0341. The third-order valence-corrected chi connectivity index (χ3v) is 8.71. The van der Waals surface area contributed by atoms with Crippen LogP contribution in [0.3, 0.4) is 0 Å². The Morgan fingerprint density at radius 3 is 2.47 bits per heavy atom. The Balaban J connectivity index is 1.28. The smallest absolute Gasteiger partial charge is 0.319 e. The third-order valence-electron chi connectivity index (χ3n) is 8.71. The number of benzene rings is 3. The maximum atomic E-state index is 13.8. The Labute approximate surface area is 266 Å². The lowest BCUT2D eigenvalue weighted by Crippen LogP contribution is -2.49. The number of hydrogen-bond donors (Lipinski definition) is 3. The molecule has 0 unspecified atom stereocenters. The van der Waals surface area contributed by atoms with Crippen LogP contribution in [0.4, 0.5) is 10.5 Å². The molecule has 45 heavy (non-hydrogen) atoms. The van der Waals surface area contributed by atoms with E-state index in [1.54, 1.807) is 23.1 Å². The summed E-state index contributed by atoms with van der Waals surface area (Å²) in [6.07, 6.45) is 5.21. The highest BCUT2D eigenvalue weighted by atomic mass is 16.5. The summed E-state index contributed by atoms with van der Waals surface area (Å²) < 4.78 is 12.5. The number of amides is 3. The van der Waals surface area contributed by atoms with Gasteiger partial charge in [0.25, 0.3) is 5.91 Å². The van der Waals surface area contributed by atoms with Crippen molar-refractivity contribution in [2.45, 2.75) is 70.7 Å². The number of nitrogens with zero attached hydrogens (tertiary/aromatic N) is 2. The highest BCUT2D eigenvalue weighted by Crippen LogP contribution is 2.31. The Kier molecular flexibility index (Phi) is 11.0. The molecule has 240 valence electrons. The fourth-order valence-electron chi connectivity index (χ4n) is 6.09. The largest absolute Gasteiger partial charge is 0.488 e. The summed E-state index contributed by atoms with van der Waals surface area (Å²) in [6.45, 7) is 5.55. The lowest BCUT2D eigenvalue weighted by Gasteiger charge is -2.38. The van der Waals surface area contributed by atoms with E-state index in [0.29, 0.717) is 36.6 Å². The van der Waals surface area contributed by atoms with Gasteiger partial charge in [0, 0.05) is 37.3 Å². The Morgan fingerprint density at radius 1 is 1.04 bits per heavy atom. The number of nitrogens with one attached hydrogen (secondary N) is 2. The average molecular weight is 615 g/mol. The van der Waals surface area contributed by atoms with Crippen molar-refractivity contribution in [2.75, 3.05) is 32.1 Å². The zero-order valence-electron chi connectivity index (χ0n) is 26.6. The fourth-order valence-corrected chi connectivity index (χ4v) is 6.09. The van der Waals surface area contributed by atoms with Crippen molar-refractivity contribution in [2.24, 2.45) is 5.92 Å². The molecule has 1 fully saturated rings. The molecule has 0 radical (unpaired) electrons. The average Bonchev–Trinajstić information content (AvgIpc) is 3.04. The highest BCUT2D eigenvalue weighted by molar-refractivity contribution is 5.99. The molecule has 9 nitrogen and oxygen atoms in total. The molecule has 0 bridgehead atoms. The molecular weight excluding hydrogens is 568 g/mol. The summed E-state index contributed by atoms with van der Waals surface area (Å²) in [6, 6.07) is 22.6. The number of ether oxygens (including phenoxy) is 2. The van der Waals surface area contributed by atoms with Gasteiger partial charge in [-0.3, -0.25) is 9.69 Å². The maximum absolute atomic E-state index is 13.8. The Bertz CT molecular complexity index is 1410. The predicted octanol–water partition coefficient (Wildman–Crippen LogP) is 6.29. The van der Waals surface area contributed by atoms with Crippen LogP contribution in [0.5, 0.6) is 17.2 Å². The highest BCUT2D eigenvalue weighted by Gasteiger charge is 2.33. The first-order chi connectivity index (χ1) is 21.8. The minimum Gasteiger partial charge on any atom is -0.488 e. The van der Waals surface area contributed by atoms with Gasteiger partial charge in [-0.2, -0.15) is 0 Å². The lowest BCUT2D eigenvalue weighted by atomic mass is 9.96. The number of hydrogen-bond acceptors (Lipinski definition) is 6. The molecule has 3 aromatic carbocycles. The number of urea groups is 1. The molecule has 0 aromatic heterocycles. The molecule has 1 aliphatic heterocycles. The molecule has 0 spiro atoms.